The number of halogens is 1. The zero-order chi connectivity index (χ0) is 9.49. The third-order valence-electron chi connectivity index (χ3n) is 0.771. The first-order chi connectivity index (χ1) is 4.79. The van der Waals surface area contributed by atoms with E-state index in [9.17, 15) is 0 Å². The second kappa shape index (κ2) is 7.56. The lowest BCUT2D eigenvalue weighted by Gasteiger charge is -2.22. The van der Waals surface area contributed by atoms with E-state index in [4.69, 9.17) is 10.3 Å². The molecular formula is C5H14INO3S. The molecule has 0 saturated heterocycles. The molecule has 11 heavy (non-hydrogen) atoms. The van der Waals surface area contributed by atoms with Gasteiger partial charge in [-0.25, -0.2) is 0 Å². The van der Waals surface area contributed by atoms with Gasteiger partial charge < -0.3 is 14.8 Å². The van der Waals surface area contributed by atoms with Gasteiger partial charge in [-0.3, -0.25) is 0 Å². The van der Waals surface area contributed by atoms with E-state index in [0.29, 0.717) is 0 Å². The Kier molecular flexibility index (Phi) is 9.93. The fourth-order valence-electron chi connectivity index (χ4n) is 0.300. The Labute approximate surface area is 81.9 Å². The summed E-state index contributed by atoms with van der Waals surface area (Å²) in [5.41, 5.74) is 0. The fraction of sp³-hybridized carbons (Fsp3) is 1.00. The Balaban J connectivity index is 0. The summed E-state index contributed by atoms with van der Waals surface area (Å²) in [6.45, 7) is 1.14. The van der Waals surface area contributed by atoms with Crippen LogP contribution in [0.1, 0.15) is 0 Å². The summed E-state index contributed by atoms with van der Waals surface area (Å²) < 4.78 is 26.7. The molecule has 0 spiro atoms. The Morgan fingerprint density at radius 3 is 1.45 bits per heavy atom. The molecule has 0 bridgehead atoms. The smallest absolute Gasteiger partial charge is 0.282 e. The van der Waals surface area contributed by atoms with Crippen molar-refractivity contribution in [3.63, 3.8) is 0 Å². The van der Waals surface area contributed by atoms with Crippen molar-refractivity contribution in [3.05, 3.63) is 0 Å². The molecule has 70 valence electrons. The maximum Gasteiger partial charge on any atom is 0.282 e. The third-order valence-corrected chi connectivity index (χ3v) is 0.971. The summed E-state index contributed by atoms with van der Waals surface area (Å²) >= 11 is 0.0851. The fourth-order valence-corrected chi connectivity index (χ4v) is 0.900. The largest absolute Gasteiger partial charge is 0.427 e. The quantitative estimate of drug-likeness (QED) is 0.313. The molecule has 0 fully saturated rings. The molecule has 6 heteroatoms. The first-order valence-corrected chi connectivity index (χ1v) is 6.21. The SMILES string of the molecule is C[N+](C)(C)CCS.[O-][I+2]([O-])[O-]. The van der Waals surface area contributed by atoms with Crippen LogP contribution in [0.25, 0.3) is 0 Å². The Hall–Kier alpha value is 0.920. The van der Waals surface area contributed by atoms with Crippen LogP contribution in [0, 0.1) is 0 Å². The van der Waals surface area contributed by atoms with E-state index < -0.39 is 21.1 Å². The van der Waals surface area contributed by atoms with E-state index in [2.05, 4.69) is 33.8 Å². The zero-order valence-corrected chi connectivity index (χ0v) is 9.96. The predicted molar refractivity (Wildman–Crippen MR) is 36.8 cm³/mol. The van der Waals surface area contributed by atoms with Gasteiger partial charge in [-0.05, 0) is 0 Å². The van der Waals surface area contributed by atoms with Crippen LogP contribution >= 0.6 is 12.6 Å². The minimum absolute atomic E-state index is 0.976. The zero-order valence-electron chi connectivity index (χ0n) is 6.91. The minimum Gasteiger partial charge on any atom is -0.427 e. The second-order valence-electron chi connectivity index (χ2n) is 2.93. The highest BCUT2D eigenvalue weighted by Gasteiger charge is 2.01. The van der Waals surface area contributed by atoms with Crippen molar-refractivity contribution in [2.45, 2.75) is 0 Å². The Morgan fingerprint density at radius 2 is 1.45 bits per heavy atom. The van der Waals surface area contributed by atoms with E-state index in [1.165, 1.54) is 0 Å². The molecule has 0 saturated carbocycles. The van der Waals surface area contributed by atoms with Crippen LogP contribution in [0.2, 0.25) is 0 Å². The van der Waals surface area contributed by atoms with Crippen LogP contribution in [0.3, 0.4) is 0 Å². The first kappa shape index (κ1) is 14.4. The lowest BCUT2D eigenvalue weighted by Crippen LogP contribution is -4.05. The molecule has 0 aliphatic carbocycles. The molecule has 0 radical (unpaired) electrons. The maximum absolute atomic E-state index is 8.57. The van der Waals surface area contributed by atoms with Crippen molar-refractivity contribution < 1.29 is 35.9 Å². The van der Waals surface area contributed by atoms with Crippen molar-refractivity contribution in [1.29, 1.82) is 0 Å². The summed E-state index contributed by atoms with van der Waals surface area (Å²) in [5.74, 6) is 0.976. The number of quaternary nitrogens is 1. The molecule has 0 aliphatic rings. The maximum atomic E-state index is 8.57. The molecule has 0 aromatic rings. The highest BCUT2D eigenvalue weighted by Crippen LogP contribution is 1.88. The van der Waals surface area contributed by atoms with Crippen molar-refractivity contribution in [3.8, 4) is 0 Å². The van der Waals surface area contributed by atoms with Gasteiger partial charge in [-0.15, -0.1) is 0 Å². The summed E-state index contributed by atoms with van der Waals surface area (Å²) in [6.07, 6.45) is 0. The minimum atomic E-state index is -4.01. The standard InChI is InChI=1S/C5H13NS.IO3/c1-6(2,3)4-5-7;2-1(3)4/h4-5H2,1-3H3;/q;-1/p+1. The number of thiol groups is 1. The molecular weight excluding hydrogens is 281 g/mol. The summed E-state index contributed by atoms with van der Waals surface area (Å²) in [6, 6.07) is 0. The van der Waals surface area contributed by atoms with Crippen LogP contribution < -0.4 is 31.4 Å². The monoisotopic (exact) mass is 295 g/mol. The lowest BCUT2D eigenvalue weighted by atomic mass is 10.6. The van der Waals surface area contributed by atoms with Crippen LogP contribution in [0.4, 0.5) is 0 Å². The summed E-state index contributed by atoms with van der Waals surface area (Å²) in [7, 11) is 6.49. The van der Waals surface area contributed by atoms with E-state index >= 15 is 0 Å². The average molecular weight is 295 g/mol. The first-order valence-electron chi connectivity index (χ1n) is 2.94. The van der Waals surface area contributed by atoms with Crippen molar-refractivity contribution >= 4 is 12.6 Å². The third kappa shape index (κ3) is 35.9. The lowest BCUT2D eigenvalue weighted by molar-refractivity contribution is -1.73. The van der Waals surface area contributed by atoms with Crippen LogP contribution in [-0.4, -0.2) is 37.9 Å². The second-order valence-corrected chi connectivity index (χ2v) is 4.45. The van der Waals surface area contributed by atoms with Crippen LogP contribution in [0.5, 0.6) is 0 Å². The Morgan fingerprint density at radius 1 is 1.18 bits per heavy atom. The van der Waals surface area contributed by atoms with Gasteiger partial charge >= 0.3 is 0 Å². The molecule has 0 rings (SSSR count). The number of nitrogens with zero attached hydrogens (tertiary/aromatic N) is 1. The van der Waals surface area contributed by atoms with E-state index in [1.807, 2.05) is 0 Å². The molecule has 0 atom stereocenters. The molecule has 0 amide bonds. The van der Waals surface area contributed by atoms with Gasteiger partial charge in [0.25, 0.3) is 21.1 Å². The Bertz CT molecular complexity index is 83.5. The van der Waals surface area contributed by atoms with Crippen LogP contribution in [-0.2, 0) is 0 Å². The van der Waals surface area contributed by atoms with Crippen molar-refractivity contribution in [2.75, 3.05) is 33.4 Å². The van der Waals surface area contributed by atoms with Gasteiger partial charge in [0.05, 0.1) is 27.7 Å². The van der Waals surface area contributed by atoms with Gasteiger partial charge in [0.15, 0.2) is 0 Å². The number of hydrogen-bond donors (Lipinski definition) is 1. The van der Waals surface area contributed by atoms with Gasteiger partial charge in [-0.2, -0.15) is 12.6 Å². The number of hydrogen-bond acceptors (Lipinski definition) is 4. The van der Waals surface area contributed by atoms with Crippen molar-refractivity contribution in [1.82, 2.24) is 0 Å². The van der Waals surface area contributed by atoms with Crippen LogP contribution in [0.15, 0.2) is 0 Å². The highest BCUT2D eigenvalue weighted by atomic mass is 127. The topological polar surface area (TPSA) is 69.2 Å². The average Bonchev–Trinajstić information content (AvgIpc) is 1.58. The molecule has 0 unspecified atom stereocenters. The normalized spacial score (nSPS) is 10.9. The molecule has 4 nitrogen and oxygen atoms in total. The number of rotatable bonds is 2. The van der Waals surface area contributed by atoms with Gasteiger partial charge in [0, 0.05) is 5.75 Å². The molecule has 0 aromatic carbocycles. The van der Waals surface area contributed by atoms with Gasteiger partial charge in [-0.1, -0.05) is 0 Å². The summed E-state index contributed by atoms with van der Waals surface area (Å²) in [5, 5.41) is 0. The summed E-state index contributed by atoms with van der Waals surface area (Å²) in [4.78, 5) is 0. The van der Waals surface area contributed by atoms with E-state index in [1.54, 1.807) is 0 Å². The van der Waals surface area contributed by atoms with E-state index in [0.717, 1.165) is 16.8 Å². The molecule has 0 aromatic heterocycles. The molecule has 0 N–H and O–H groups in total. The van der Waals surface area contributed by atoms with Gasteiger partial charge in [0.1, 0.15) is 0 Å². The highest BCUT2D eigenvalue weighted by molar-refractivity contribution is 7.80. The van der Waals surface area contributed by atoms with Crippen molar-refractivity contribution in [2.24, 2.45) is 0 Å². The molecule has 0 aliphatic heterocycles. The van der Waals surface area contributed by atoms with E-state index in [-0.39, 0.29) is 0 Å². The molecule has 0 heterocycles. The van der Waals surface area contributed by atoms with Gasteiger partial charge in [0.2, 0.25) is 0 Å². The predicted octanol–water partition coefficient (Wildman–Crippen LogP) is -5.94.